The first-order chi connectivity index (χ1) is 13.0. The Kier molecular flexibility index (Phi) is 5.65. The highest BCUT2D eigenvalue weighted by Crippen LogP contribution is 2.24. The van der Waals surface area contributed by atoms with Crippen molar-refractivity contribution in [2.45, 2.75) is 6.92 Å². The average Bonchev–Trinajstić information content (AvgIpc) is 3.21. The molecule has 3 rings (SSSR count). The monoisotopic (exact) mass is 390 g/mol. The minimum Gasteiger partial charge on any atom is -0.476 e. The number of nitrogens with zero attached hydrogens (tertiary/aromatic N) is 4. The number of aromatic nitrogens is 1. The van der Waals surface area contributed by atoms with Gasteiger partial charge in [0.05, 0.1) is 4.88 Å². The Morgan fingerprint density at radius 2 is 1.93 bits per heavy atom. The zero-order valence-corrected chi connectivity index (χ0v) is 15.5. The molecule has 10 heteroatoms. The van der Waals surface area contributed by atoms with Gasteiger partial charge < -0.3 is 24.7 Å². The molecule has 0 spiro atoms. The van der Waals surface area contributed by atoms with Gasteiger partial charge in [0, 0.05) is 33.1 Å². The predicted octanol–water partition coefficient (Wildman–Crippen LogP) is 1.72. The number of carbonyl (C=O) groups excluding carboxylic acids is 2. The van der Waals surface area contributed by atoms with E-state index >= 15 is 0 Å². The third-order valence-electron chi connectivity index (χ3n) is 4.15. The molecule has 142 valence electrons. The number of nitro groups is 1. The Bertz CT molecular complexity index is 847. The topological polar surface area (TPSA) is 106 Å². The molecule has 27 heavy (non-hydrogen) atoms. The molecular formula is C17H18N4O5S. The second-order valence-corrected chi connectivity index (χ2v) is 6.92. The Morgan fingerprint density at radius 1 is 1.22 bits per heavy atom. The van der Waals surface area contributed by atoms with Crippen LogP contribution in [-0.4, -0.2) is 64.3 Å². The van der Waals surface area contributed by atoms with E-state index < -0.39 is 10.7 Å². The maximum atomic E-state index is 12.3. The van der Waals surface area contributed by atoms with Gasteiger partial charge in [0.25, 0.3) is 11.8 Å². The highest BCUT2D eigenvalue weighted by atomic mass is 32.1. The highest BCUT2D eigenvalue weighted by molar-refractivity contribution is 7.12. The van der Waals surface area contributed by atoms with Crippen molar-refractivity contribution in [3.8, 4) is 5.75 Å². The summed E-state index contributed by atoms with van der Waals surface area (Å²) >= 11 is 1.39. The number of pyridine rings is 1. The number of hydrogen-bond acceptors (Lipinski definition) is 7. The van der Waals surface area contributed by atoms with Crippen LogP contribution >= 0.6 is 11.3 Å². The van der Waals surface area contributed by atoms with E-state index in [9.17, 15) is 19.7 Å². The third kappa shape index (κ3) is 4.40. The summed E-state index contributed by atoms with van der Waals surface area (Å²) in [5.74, 6) is -0.762. The summed E-state index contributed by atoms with van der Waals surface area (Å²) in [6.07, 6.45) is 0. The molecular weight excluding hydrogens is 372 g/mol. The molecule has 1 saturated heterocycles. The number of piperazine rings is 1. The summed E-state index contributed by atoms with van der Waals surface area (Å²) in [5.41, 5.74) is 0.493. The van der Waals surface area contributed by atoms with Crippen LogP contribution in [0.2, 0.25) is 0 Å². The van der Waals surface area contributed by atoms with E-state index in [4.69, 9.17) is 4.74 Å². The fourth-order valence-electron chi connectivity index (χ4n) is 2.72. The minimum absolute atomic E-state index is 0.0327. The lowest BCUT2D eigenvalue weighted by atomic mass is 10.3. The van der Waals surface area contributed by atoms with Crippen LogP contribution in [0.25, 0.3) is 0 Å². The molecule has 1 fully saturated rings. The van der Waals surface area contributed by atoms with Gasteiger partial charge in [0.15, 0.2) is 6.61 Å². The van der Waals surface area contributed by atoms with Gasteiger partial charge in [-0.2, -0.15) is 0 Å². The van der Waals surface area contributed by atoms with Crippen molar-refractivity contribution in [1.82, 2.24) is 14.8 Å². The Labute approximate surface area is 159 Å². The van der Waals surface area contributed by atoms with Crippen molar-refractivity contribution in [2.75, 3.05) is 32.8 Å². The van der Waals surface area contributed by atoms with Crippen LogP contribution in [0.5, 0.6) is 5.75 Å². The average molecular weight is 390 g/mol. The van der Waals surface area contributed by atoms with Gasteiger partial charge in [-0.3, -0.25) is 9.59 Å². The molecule has 1 aliphatic rings. The van der Waals surface area contributed by atoms with Gasteiger partial charge in [-0.15, -0.1) is 11.3 Å². The zero-order valence-electron chi connectivity index (χ0n) is 14.7. The Balaban J connectivity index is 1.53. The first-order valence-electron chi connectivity index (χ1n) is 8.31. The SMILES string of the molecule is Cc1ccc(OCC(=O)N2CCN(C(=O)c3cccs3)CC2)c([N+](=O)[O-])n1. The lowest BCUT2D eigenvalue weighted by molar-refractivity contribution is -0.390. The number of ether oxygens (including phenoxy) is 1. The number of carbonyl (C=O) groups is 2. The lowest BCUT2D eigenvalue weighted by Crippen LogP contribution is -2.51. The van der Waals surface area contributed by atoms with E-state index in [0.29, 0.717) is 36.8 Å². The van der Waals surface area contributed by atoms with Crippen molar-refractivity contribution in [3.63, 3.8) is 0 Å². The molecule has 2 amide bonds. The maximum absolute atomic E-state index is 12.3. The molecule has 0 radical (unpaired) electrons. The normalized spacial score (nSPS) is 14.1. The Hall–Kier alpha value is -3.01. The van der Waals surface area contributed by atoms with E-state index in [1.54, 1.807) is 28.9 Å². The number of amides is 2. The van der Waals surface area contributed by atoms with Gasteiger partial charge in [0.2, 0.25) is 5.75 Å². The van der Waals surface area contributed by atoms with E-state index in [-0.39, 0.29) is 24.2 Å². The van der Waals surface area contributed by atoms with E-state index in [2.05, 4.69) is 4.98 Å². The molecule has 9 nitrogen and oxygen atoms in total. The molecule has 1 aliphatic heterocycles. The van der Waals surface area contributed by atoms with Gasteiger partial charge >= 0.3 is 5.82 Å². The summed E-state index contributed by atoms with van der Waals surface area (Å²) in [6, 6.07) is 6.63. The van der Waals surface area contributed by atoms with E-state index in [1.807, 2.05) is 11.4 Å². The van der Waals surface area contributed by atoms with Crippen LogP contribution in [-0.2, 0) is 4.79 Å². The maximum Gasteiger partial charge on any atom is 0.406 e. The molecule has 0 atom stereocenters. The minimum atomic E-state index is -0.637. The van der Waals surface area contributed by atoms with Gasteiger partial charge in [-0.05, 0) is 33.5 Å². The highest BCUT2D eigenvalue weighted by Gasteiger charge is 2.26. The molecule has 3 heterocycles. The van der Waals surface area contributed by atoms with Crippen molar-refractivity contribution in [2.24, 2.45) is 0 Å². The van der Waals surface area contributed by atoms with Crippen LogP contribution < -0.4 is 4.74 Å². The van der Waals surface area contributed by atoms with Crippen molar-refractivity contribution >= 4 is 29.0 Å². The van der Waals surface area contributed by atoms with Crippen LogP contribution in [0.3, 0.4) is 0 Å². The van der Waals surface area contributed by atoms with Crippen LogP contribution in [0.1, 0.15) is 15.4 Å². The summed E-state index contributed by atoms with van der Waals surface area (Å²) in [4.78, 5) is 42.9. The summed E-state index contributed by atoms with van der Waals surface area (Å²) < 4.78 is 5.33. The standard InChI is InChI=1S/C17H18N4O5S/c1-12-4-5-13(16(18-12)21(24)25)26-11-15(22)19-6-8-20(9-7-19)17(23)14-3-2-10-27-14/h2-5,10H,6-9,11H2,1H3. The third-order valence-corrected chi connectivity index (χ3v) is 5.01. The van der Waals surface area contributed by atoms with Crippen molar-refractivity contribution < 1.29 is 19.2 Å². The first kappa shape index (κ1) is 18.8. The van der Waals surface area contributed by atoms with Crippen molar-refractivity contribution in [1.29, 1.82) is 0 Å². The summed E-state index contributed by atoms with van der Waals surface area (Å²) in [6.45, 7) is 2.99. The molecule has 0 aliphatic carbocycles. The number of aryl methyl sites for hydroxylation is 1. The number of hydrogen-bond donors (Lipinski definition) is 0. The first-order valence-corrected chi connectivity index (χ1v) is 9.19. The van der Waals surface area contributed by atoms with Gasteiger partial charge in [-0.25, -0.2) is 0 Å². The predicted molar refractivity (Wildman–Crippen MR) is 97.9 cm³/mol. The summed E-state index contributed by atoms with van der Waals surface area (Å²) in [7, 11) is 0. The van der Waals surface area contributed by atoms with Crippen LogP contribution in [0, 0.1) is 17.0 Å². The largest absolute Gasteiger partial charge is 0.476 e. The van der Waals surface area contributed by atoms with Gasteiger partial charge in [-0.1, -0.05) is 6.07 Å². The quantitative estimate of drug-likeness (QED) is 0.568. The van der Waals surface area contributed by atoms with Crippen molar-refractivity contribution in [3.05, 3.63) is 50.3 Å². The summed E-state index contributed by atoms with van der Waals surface area (Å²) in [5, 5.41) is 12.9. The molecule has 2 aromatic heterocycles. The van der Waals surface area contributed by atoms with E-state index in [0.717, 1.165) is 0 Å². The number of rotatable bonds is 5. The smallest absolute Gasteiger partial charge is 0.406 e. The number of thiophene rings is 1. The molecule has 0 bridgehead atoms. The second kappa shape index (κ2) is 8.12. The molecule has 0 saturated carbocycles. The molecule has 0 unspecified atom stereocenters. The molecule has 0 N–H and O–H groups in total. The van der Waals surface area contributed by atoms with Crippen LogP contribution in [0.4, 0.5) is 5.82 Å². The molecule has 0 aromatic carbocycles. The fraction of sp³-hybridized carbons (Fsp3) is 0.353. The molecule has 2 aromatic rings. The second-order valence-electron chi connectivity index (χ2n) is 5.97. The van der Waals surface area contributed by atoms with E-state index in [1.165, 1.54) is 17.4 Å². The Morgan fingerprint density at radius 3 is 2.56 bits per heavy atom. The zero-order chi connectivity index (χ0) is 19.4. The lowest BCUT2D eigenvalue weighted by Gasteiger charge is -2.34. The fourth-order valence-corrected chi connectivity index (χ4v) is 3.41. The van der Waals surface area contributed by atoms with Gasteiger partial charge in [0.1, 0.15) is 5.69 Å². The van der Waals surface area contributed by atoms with Crippen LogP contribution in [0.15, 0.2) is 29.6 Å².